The molecule has 2 aliphatic carbocycles. The lowest BCUT2D eigenvalue weighted by atomic mass is 9.92. The Hall–Kier alpha value is -1.77. The average molecular weight is 455 g/mol. The van der Waals surface area contributed by atoms with Crippen molar-refractivity contribution in [3.8, 4) is 0 Å². The number of nitrogens with two attached hydrogens (primary N) is 2. The van der Waals surface area contributed by atoms with E-state index in [4.69, 9.17) is 23.1 Å². The molecule has 0 heterocycles. The van der Waals surface area contributed by atoms with E-state index in [1.165, 1.54) is 25.2 Å². The molecule has 2 unspecified atom stereocenters. The van der Waals surface area contributed by atoms with Crippen LogP contribution in [0.2, 0.25) is 5.02 Å². The zero-order valence-electron chi connectivity index (χ0n) is 17.1. The van der Waals surface area contributed by atoms with Crippen molar-refractivity contribution in [3.05, 3.63) is 40.3 Å². The van der Waals surface area contributed by atoms with Gasteiger partial charge in [-0.1, -0.05) is 11.6 Å². The Bertz CT molecular complexity index is 878. The third-order valence-electron chi connectivity index (χ3n) is 6.17. The van der Waals surface area contributed by atoms with E-state index in [2.05, 4.69) is 10.3 Å². The first kappa shape index (κ1) is 22.9. The number of hydrogen-bond donors (Lipinski definition) is 4. The quantitative estimate of drug-likeness (QED) is 0.299. The molecule has 30 heavy (non-hydrogen) atoms. The highest BCUT2D eigenvalue weighted by atomic mass is 35.5. The molecule has 3 rings (SSSR count). The lowest BCUT2D eigenvalue weighted by Gasteiger charge is -2.24. The Kier molecular flexibility index (Phi) is 6.99. The summed E-state index contributed by atoms with van der Waals surface area (Å²) in [5.41, 5.74) is 12.7. The fourth-order valence-corrected chi connectivity index (χ4v) is 5.84. The topological polar surface area (TPSA) is 114 Å². The van der Waals surface area contributed by atoms with Crippen molar-refractivity contribution in [1.82, 2.24) is 0 Å². The molecule has 6 nitrogen and oxygen atoms in total. The number of benzene rings is 1. The van der Waals surface area contributed by atoms with Crippen LogP contribution in [0.25, 0.3) is 0 Å². The zero-order valence-corrected chi connectivity index (χ0v) is 18.7. The summed E-state index contributed by atoms with van der Waals surface area (Å²) in [6.07, 6.45) is 5.14. The SMILES string of the molecule is CN=C(N)C(C(=O)Nc1ccc(F)c(Cl)c1)=C(N)C1CC2CC(O)(CSC)CC2C1. The Labute approximate surface area is 185 Å². The molecule has 0 saturated heterocycles. The number of carbonyl (C=O) groups excluding carboxylic acids is 1. The second-order valence-electron chi connectivity index (χ2n) is 8.28. The lowest BCUT2D eigenvalue weighted by molar-refractivity contribution is -0.112. The number of rotatable bonds is 6. The van der Waals surface area contributed by atoms with Crippen molar-refractivity contribution in [2.45, 2.75) is 31.3 Å². The number of amides is 1. The highest BCUT2D eigenvalue weighted by Crippen LogP contribution is 2.52. The van der Waals surface area contributed by atoms with Crippen molar-refractivity contribution < 1.29 is 14.3 Å². The highest BCUT2D eigenvalue weighted by molar-refractivity contribution is 7.98. The minimum Gasteiger partial charge on any atom is -0.401 e. The van der Waals surface area contributed by atoms with E-state index in [-0.39, 0.29) is 22.3 Å². The Balaban J connectivity index is 1.79. The summed E-state index contributed by atoms with van der Waals surface area (Å²) in [6, 6.07) is 3.92. The smallest absolute Gasteiger partial charge is 0.261 e. The molecular formula is C21H28ClFN4O2S. The Morgan fingerprint density at radius 2 is 2.00 bits per heavy atom. The molecule has 0 aliphatic heterocycles. The maximum Gasteiger partial charge on any atom is 0.261 e. The van der Waals surface area contributed by atoms with Gasteiger partial charge in [-0.3, -0.25) is 9.79 Å². The monoisotopic (exact) mass is 454 g/mol. The van der Waals surface area contributed by atoms with Crippen LogP contribution in [0.15, 0.2) is 34.5 Å². The molecule has 0 radical (unpaired) electrons. The second kappa shape index (κ2) is 9.16. The summed E-state index contributed by atoms with van der Waals surface area (Å²) < 4.78 is 13.4. The van der Waals surface area contributed by atoms with Crippen LogP contribution in [-0.4, -0.2) is 41.5 Å². The van der Waals surface area contributed by atoms with E-state index in [0.29, 0.717) is 23.2 Å². The maximum atomic E-state index is 13.4. The predicted molar refractivity (Wildman–Crippen MR) is 121 cm³/mol. The number of amidine groups is 1. The number of carbonyl (C=O) groups is 1. The van der Waals surface area contributed by atoms with Gasteiger partial charge < -0.3 is 21.9 Å². The van der Waals surface area contributed by atoms with Gasteiger partial charge >= 0.3 is 0 Å². The molecular weight excluding hydrogens is 427 g/mol. The van der Waals surface area contributed by atoms with Gasteiger partial charge in [0.2, 0.25) is 0 Å². The molecule has 2 saturated carbocycles. The second-order valence-corrected chi connectivity index (χ2v) is 9.55. The van der Waals surface area contributed by atoms with Crippen LogP contribution in [-0.2, 0) is 4.79 Å². The van der Waals surface area contributed by atoms with E-state index in [1.807, 2.05) is 6.26 Å². The number of aliphatic imine (C=N–C) groups is 1. The van der Waals surface area contributed by atoms with E-state index in [0.717, 1.165) is 31.4 Å². The largest absolute Gasteiger partial charge is 0.401 e. The Morgan fingerprint density at radius 1 is 1.37 bits per heavy atom. The summed E-state index contributed by atoms with van der Waals surface area (Å²) in [7, 11) is 1.50. The van der Waals surface area contributed by atoms with Crippen LogP contribution in [0.1, 0.15) is 25.7 Å². The molecule has 164 valence electrons. The summed E-state index contributed by atoms with van der Waals surface area (Å²) in [5, 5.41) is 13.3. The number of fused-ring (bicyclic) bond motifs is 1. The number of nitrogens with zero attached hydrogens (tertiary/aromatic N) is 1. The fourth-order valence-electron chi connectivity index (χ4n) is 4.89. The van der Waals surface area contributed by atoms with Gasteiger partial charge in [0.15, 0.2) is 0 Å². The standard InChI is InChI=1S/C21H28ClFN4O2S/c1-26-19(25)17(20(28)27-14-3-4-16(23)15(22)7-14)18(24)11-5-12-8-21(29,10-30-2)9-13(12)6-11/h3-4,7,11-13,29H,5-6,8-10,24H2,1-2H3,(H2,25,26)(H,27,28). The molecule has 2 atom stereocenters. The Morgan fingerprint density at radius 3 is 2.53 bits per heavy atom. The zero-order chi connectivity index (χ0) is 22.1. The minimum atomic E-state index is -0.607. The number of anilines is 1. The first-order chi connectivity index (χ1) is 14.2. The van der Waals surface area contributed by atoms with E-state index in [1.54, 1.807) is 11.8 Å². The van der Waals surface area contributed by atoms with Crippen molar-refractivity contribution in [3.63, 3.8) is 0 Å². The van der Waals surface area contributed by atoms with Gasteiger partial charge in [0.1, 0.15) is 17.2 Å². The molecule has 0 aromatic heterocycles. The van der Waals surface area contributed by atoms with Crippen LogP contribution >= 0.6 is 23.4 Å². The number of nitrogens with one attached hydrogen (secondary N) is 1. The number of aliphatic hydroxyl groups is 1. The van der Waals surface area contributed by atoms with Gasteiger partial charge in [0.25, 0.3) is 5.91 Å². The van der Waals surface area contributed by atoms with E-state index < -0.39 is 17.3 Å². The molecule has 1 amide bonds. The number of allylic oxidation sites excluding steroid dienone is 1. The maximum absolute atomic E-state index is 13.4. The summed E-state index contributed by atoms with van der Waals surface area (Å²) in [4.78, 5) is 16.9. The molecule has 2 aliphatic rings. The first-order valence-corrected chi connectivity index (χ1v) is 11.6. The van der Waals surface area contributed by atoms with Gasteiger partial charge in [-0.05, 0) is 67.9 Å². The molecule has 6 N–H and O–H groups in total. The molecule has 1 aromatic rings. The van der Waals surface area contributed by atoms with Crippen LogP contribution in [0, 0.1) is 23.6 Å². The summed E-state index contributed by atoms with van der Waals surface area (Å²) in [5.74, 6) is 0.467. The van der Waals surface area contributed by atoms with Gasteiger partial charge in [0.05, 0.1) is 10.6 Å². The third-order valence-corrected chi connectivity index (χ3v) is 7.28. The highest BCUT2D eigenvalue weighted by Gasteiger charge is 2.49. The molecule has 2 fully saturated rings. The van der Waals surface area contributed by atoms with Gasteiger partial charge in [-0.25, -0.2) is 4.39 Å². The number of hydrogen-bond acceptors (Lipinski definition) is 5. The minimum absolute atomic E-state index is 0.00307. The van der Waals surface area contributed by atoms with Gasteiger partial charge in [0, 0.05) is 24.2 Å². The van der Waals surface area contributed by atoms with Gasteiger partial charge in [-0.2, -0.15) is 11.8 Å². The van der Waals surface area contributed by atoms with Crippen LogP contribution in [0.3, 0.4) is 0 Å². The van der Waals surface area contributed by atoms with Crippen molar-refractivity contribution in [2.75, 3.05) is 24.4 Å². The van der Waals surface area contributed by atoms with Crippen LogP contribution in [0.5, 0.6) is 0 Å². The van der Waals surface area contributed by atoms with Crippen LogP contribution in [0.4, 0.5) is 10.1 Å². The predicted octanol–water partition coefficient (Wildman–Crippen LogP) is 3.15. The molecule has 0 spiro atoms. The molecule has 1 aromatic carbocycles. The summed E-state index contributed by atoms with van der Waals surface area (Å²) in [6.45, 7) is 0. The normalized spacial score (nSPS) is 29.5. The van der Waals surface area contributed by atoms with Gasteiger partial charge in [-0.15, -0.1) is 0 Å². The van der Waals surface area contributed by atoms with Crippen molar-refractivity contribution in [1.29, 1.82) is 0 Å². The van der Waals surface area contributed by atoms with E-state index in [9.17, 15) is 14.3 Å². The molecule has 0 bridgehead atoms. The van der Waals surface area contributed by atoms with Crippen molar-refractivity contribution in [2.24, 2.45) is 34.2 Å². The van der Waals surface area contributed by atoms with Crippen molar-refractivity contribution >= 4 is 40.8 Å². The van der Waals surface area contributed by atoms with Crippen LogP contribution < -0.4 is 16.8 Å². The first-order valence-electron chi connectivity index (χ1n) is 9.87. The number of halogens is 2. The fraction of sp³-hybridized carbons (Fsp3) is 0.524. The average Bonchev–Trinajstić information content (AvgIpc) is 3.19. The third kappa shape index (κ3) is 4.76. The lowest BCUT2D eigenvalue weighted by Crippen LogP contribution is -2.32. The van der Waals surface area contributed by atoms with E-state index >= 15 is 0 Å². The molecule has 9 heteroatoms. The summed E-state index contributed by atoms with van der Waals surface area (Å²) >= 11 is 7.46. The number of thioether (sulfide) groups is 1.